The van der Waals surface area contributed by atoms with Gasteiger partial charge in [-0.25, -0.2) is 4.98 Å². The molecule has 1 aliphatic heterocycles. The van der Waals surface area contributed by atoms with Crippen LogP contribution >= 0.6 is 0 Å². The number of hydrogen-bond donors (Lipinski definition) is 0. The molecule has 0 saturated heterocycles. The Hall–Kier alpha value is -3.19. The molecular formula is C24H28N2O5. The van der Waals surface area contributed by atoms with Crippen molar-refractivity contribution < 1.29 is 23.4 Å². The Balaban J connectivity index is 1.51. The van der Waals surface area contributed by atoms with E-state index < -0.39 is 0 Å². The van der Waals surface area contributed by atoms with Gasteiger partial charge in [-0.1, -0.05) is 6.07 Å². The second-order valence-corrected chi connectivity index (χ2v) is 7.59. The van der Waals surface area contributed by atoms with Crippen LogP contribution in [0, 0.1) is 6.92 Å². The second kappa shape index (κ2) is 8.89. The molecule has 2 aromatic carbocycles. The van der Waals surface area contributed by atoms with E-state index in [1.54, 1.807) is 14.2 Å². The van der Waals surface area contributed by atoms with E-state index in [2.05, 4.69) is 31.0 Å². The number of aryl methyl sites for hydroxylation is 1. The average molecular weight is 424 g/mol. The molecule has 1 aromatic heterocycles. The number of fused-ring (bicyclic) bond motifs is 1. The van der Waals surface area contributed by atoms with Crippen molar-refractivity contribution in [1.82, 2.24) is 9.88 Å². The van der Waals surface area contributed by atoms with Crippen molar-refractivity contribution in [1.29, 1.82) is 0 Å². The summed E-state index contributed by atoms with van der Waals surface area (Å²) >= 11 is 0. The van der Waals surface area contributed by atoms with Crippen molar-refractivity contribution in [2.24, 2.45) is 0 Å². The third kappa shape index (κ3) is 4.32. The van der Waals surface area contributed by atoms with Gasteiger partial charge in [-0.2, -0.15) is 0 Å². The van der Waals surface area contributed by atoms with Crippen molar-refractivity contribution in [3.63, 3.8) is 0 Å². The van der Waals surface area contributed by atoms with Crippen LogP contribution in [0.4, 0.5) is 0 Å². The van der Waals surface area contributed by atoms with E-state index in [4.69, 9.17) is 28.3 Å². The van der Waals surface area contributed by atoms with E-state index in [-0.39, 0.29) is 6.04 Å². The number of hydrogen-bond acceptors (Lipinski definition) is 7. The Morgan fingerprint density at radius 2 is 1.74 bits per heavy atom. The fraction of sp³-hybridized carbons (Fsp3) is 0.375. The van der Waals surface area contributed by atoms with Gasteiger partial charge in [0.15, 0.2) is 23.0 Å². The lowest BCUT2D eigenvalue weighted by Crippen LogP contribution is -2.23. The first-order valence-corrected chi connectivity index (χ1v) is 10.3. The van der Waals surface area contributed by atoms with Gasteiger partial charge in [-0.3, -0.25) is 4.90 Å². The highest BCUT2D eigenvalue weighted by molar-refractivity contribution is 5.60. The molecule has 0 fully saturated rings. The van der Waals surface area contributed by atoms with Gasteiger partial charge >= 0.3 is 0 Å². The summed E-state index contributed by atoms with van der Waals surface area (Å²) in [4.78, 5) is 6.98. The van der Waals surface area contributed by atoms with Crippen molar-refractivity contribution in [2.45, 2.75) is 26.4 Å². The summed E-state index contributed by atoms with van der Waals surface area (Å²) in [6.07, 6.45) is 0. The number of oxazole rings is 1. The predicted molar refractivity (Wildman–Crippen MR) is 117 cm³/mol. The summed E-state index contributed by atoms with van der Waals surface area (Å²) < 4.78 is 28.0. The minimum atomic E-state index is 0.163. The number of benzene rings is 2. The molecule has 7 heteroatoms. The maximum absolute atomic E-state index is 5.96. The van der Waals surface area contributed by atoms with Gasteiger partial charge in [0.05, 0.1) is 19.9 Å². The van der Waals surface area contributed by atoms with Crippen LogP contribution in [-0.2, 0) is 6.54 Å². The molecule has 7 nitrogen and oxygen atoms in total. The van der Waals surface area contributed by atoms with Crippen molar-refractivity contribution in [3.8, 4) is 34.5 Å². The van der Waals surface area contributed by atoms with Gasteiger partial charge in [0.2, 0.25) is 5.89 Å². The molecule has 0 unspecified atom stereocenters. The Morgan fingerprint density at radius 1 is 1.00 bits per heavy atom. The van der Waals surface area contributed by atoms with Crippen LogP contribution in [0.15, 0.2) is 40.8 Å². The van der Waals surface area contributed by atoms with E-state index in [9.17, 15) is 0 Å². The molecule has 0 radical (unpaired) electrons. The molecule has 1 atom stereocenters. The van der Waals surface area contributed by atoms with Gasteiger partial charge in [0.1, 0.15) is 19.0 Å². The van der Waals surface area contributed by atoms with Crippen molar-refractivity contribution in [3.05, 3.63) is 53.4 Å². The van der Waals surface area contributed by atoms with Crippen LogP contribution in [0.2, 0.25) is 0 Å². The smallest absolute Gasteiger partial charge is 0.226 e. The van der Waals surface area contributed by atoms with Crippen LogP contribution in [0.5, 0.6) is 23.0 Å². The summed E-state index contributed by atoms with van der Waals surface area (Å²) in [6, 6.07) is 11.9. The zero-order valence-corrected chi connectivity index (χ0v) is 18.6. The number of methoxy groups -OCH3 is 2. The number of rotatable bonds is 7. The van der Waals surface area contributed by atoms with Gasteiger partial charge in [-0.05, 0) is 56.8 Å². The van der Waals surface area contributed by atoms with Gasteiger partial charge in [0, 0.05) is 18.2 Å². The van der Waals surface area contributed by atoms with Crippen LogP contribution < -0.4 is 18.9 Å². The fourth-order valence-electron chi connectivity index (χ4n) is 3.61. The first kappa shape index (κ1) is 21.1. The standard InChI is InChI=1S/C24H28N2O5/c1-15(17-6-9-21-23(12-17)30-11-10-29-21)26(3)14-19-16(2)31-24(25-19)18-7-8-20(27-4)22(13-18)28-5/h6-9,12-13,15H,10-11,14H2,1-5H3/t15-/m0/s1. The van der Waals surface area contributed by atoms with E-state index >= 15 is 0 Å². The Labute approximate surface area is 182 Å². The van der Waals surface area contributed by atoms with Gasteiger partial charge < -0.3 is 23.4 Å². The fourth-order valence-corrected chi connectivity index (χ4v) is 3.61. The molecule has 0 N–H and O–H groups in total. The number of aromatic nitrogens is 1. The highest BCUT2D eigenvalue weighted by Crippen LogP contribution is 2.35. The predicted octanol–water partition coefficient (Wildman–Crippen LogP) is 4.63. The molecule has 0 bridgehead atoms. The van der Waals surface area contributed by atoms with Gasteiger partial charge in [-0.15, -0.1) is 0 Å². The number of nitrogens with zero attached hydrogens (tertiary/aromatic N) is 2. The highest BCUT2D eigenvalue weighted by Gasteiger charge is 2.20. The number of ether oxygens (including phenoxy) is 4. The largest absolute Gasteiger partial charge is 0.493 e. The molecule has 1 aliphatic rings. The quantitative estimate of drug-likeness (QED) is 0.548. The van der Waals surface area contributed by atoms with Crippen LogP contribution in [0.3, 0.4) is 0 Å². The van der Waals surface area contributed by atoms with E-state index in [0.717, 1.165) is 34.1 Å². The highest BCUT2D eigenvalue weighted by atomic mass is 16.6. The maximum atomic E-state index is 5.96. The lowest BCUT2D eigenvalue weighted by Gasteiger charge is -2.26. The second-order valence-electron chi connectivity index (χ2n) is 7.59. The first-order valence-electron chi connectivity index (χ1n) is 10.3. The van der Waals surface area contributed by atoms with Crippen LogP contribution in [0.1, 0.15) is 30.0 Å². The topological polar surface area (TPSA) is 66.2 Å². The van der Waals surface area contributed by atoms with Crippen LogP contribution in [-0.4, -0.2) is 44.4 Å². The Bertz CT molecular complexity index is 1060. The van der Waals surface area contributed by atoms with Crippen molar-refractivity contribution >= 4 is 0 Å². The van der Waals surface area contributed by atoms with E-state index in [1.165, 1.54) is 0 Å². The SMILES string of the molecule is COc1ccc(-c2nc(CN(C)[C@@H](C)c3ccc4c(c3)OCCO4)c(C)o2)cc1OC. The summed E-state index contributed by atoms with van der Waals surface area (Å²) in [7, 11) is 5.30. The molecule has 0 aliphatic carbocycles. The Kier molecular flexibility index (Phi) is 6.04. The van der Waals surface area contributed by atoms with E-state index in [0.29, 0.717) is 37.1 Å². The first-order chi connectivity index (χ1) is 15.0. The van der Waals surface area contributed by atoms with Crippen molar-refractivity contribution in [2.75, 3.05) is 34.5 Å². The zero-order valence-electron chi connectivity index (χ0n) is 18.6. The lowest BCUT2D eigenvalue weighted by atomic mass is 10.1. The van der Waals surface area contributed by atoms with Gasteiger partial charge in [0.25, 0.3) is 0 Å². The summed E-state index contributed by atoms with van der Waals surface area (Å²) in [5, 5.41) is 0. The molecule has 2 heterocycles. The lowest BCUT2D eigenvalue weighted by molar-refractivity contribution is 0.170. The molecule has 31 heavy (non-hydrogen) atoms. The minimum Gasteiger partial charge on any atom is -0.493 e. The third-order valence-corrected chi connectivity index (χ3v) is 5.63. The average Bonchev–Trinajstić information content (AvgIpc) is 3.17. The summed E-state index contributed by atoms with van der Waals surface area (Å²) in [6.45, 7) is 5.93. The molecular weight excluding hydrogens is 396 g/mol. The maximum Gasteiger partial charge on any atom is 0.226 e. The molecule has 0 saturated carbocycles. The molecule has 3 aromatic rings. The Morgan fingerprint density at radius 3 is 2.48 bits per heavy atom. The van der Waals surface area contributed by atoms with Crippen LogP contribution in [0.25, 0.3) is 11.5 Å². The summed E-state index contributed by atoms with van der Waals surface area (Å²) in [5.41, 5.74) is 2.90. The third-order valence-electron chi connectivity index (χ3n) is 5.63. The monoisotopic (exact) mass is 424 g/mol. The normalized spacial score (nSPS) is 13.9. The van der Waals surface area contributed by atoms with E-state index in [1.807, 2.05) is 31.2 Å². The minimum absolute atomic E-state index is 0.163. The molecule has 4 rings (SSSR count). The molecule has 0 spiro atoms. The molecule has 0 amide bonds. The zero-order chi connectivity index (χ0) is 22.0. The molecule has 164 valence electrons. The summed E-state index contributed by atoms with van der Waals surface area (Å²) in [5.74, 6) is 4.28.